The van der Waals surface area contributed by atoms with Gasteiger partial charge in [0.05, 0.1) is 11.4 Å². The molecular weight excluding hydrogens is 567 g/mol. The second-order valence-electron chi connectivity index (χ2n) is 12.6. The van der Waals surface area contributed by atoms with Gasteiger partial charge in [-0.15, -0.1) is 0 Å². The van der Waals surface area contributed by atoms with Gasteiger partial charge in [-0.2, -0.15) is 0 Å². The van der Waals surface area contributed by atoms with Gasteiger partial charge in [0.25, 0.3) is 0 Å². The Hall–Kier alpha value is -6.06. The molecule has 2 heterocycles. The Morgan fingerprint density at radius 2 is 0.957 bits per heavy atom. The average molecular weight is 597 g/mol. The fourth-order valence-corrected chi connectivity index (χ4v) is 7.87. The number of benzene rings is 8. The lowest BCUT2D eigenvalue weighted by atomic mass is 9.71. The summed E-state index contributed by atoms with van der Waals surface area (Å²) in [6, 6.07) is 55.9. The van der Waals surface area contributed by atoms with E-state index in [2.05, 4.69) is 186 Å². The minimum atomic E-state index is 0.0828. The van der Waals surface area contributed by atoms with Crippen molar-refractivity contribution in [1.29, 1.82) is 0 Å². The summed E-state index contributed by atoms with van der Waals surface area (Å²) in [7, 11) is 0. The first kappa shape index (κ1) is 26.2. The van der Waals surface area contributed by atoms with Crippen LogP contribution in [0, 0.1) is 0 Å². The summed E-state index contributed by atoms with van der Waals surface area (Å²) < 4.78 is 0. The molecule has 2 nitrogen and oxygen atoms in total. The topological polar surface area (TPSA) is 6.48 Å². The van der Waals surface area contributed by atoms with Gasteiger partial charge in [-0.05, 0) is 114 Å². The van der Waals surface area contributed by atoms with Crippen LogP contribution in [0.3, 0.4) is 0 Å². The van der Waals surface area contributed by atoms with Crippen molar-refractivity contribution < 1.29 is 0 Å². The Morgan fingerprint density at radius 1 is 0.404 bits per heavy atom. The molecule has 3 heteroatoms. The van der Waals surface area contributed by atoms with Gasteiger partial charge in [0.15, 0.2) is 0 Å². The maximum absolute atomic E-state index is 2.48. The van der Waals surface area contributed by atoms with Crippen molar-refractivity contribution in [1.82, 2.24) is 0 Å². The highest BCUT2D eigenvalue weighted by atomic mass is 15.3. The molecule has 10 rings (SSSR count). The first-order chi connectivity index (χ1) is 23.3. The summed E-state index contributed by atoms with van der Waals surface area (Å²) in [6.45, 7) is 0.0828. The number of fused-ring (bicyclic) bond motifs is 7. The lowest BCUT2D eigenvalue weighted by Crippen LogP contribution is -2.42. The van der Waals surface area contributed by atoms with Crippen molar-refractivity contribution in [3.8, 4) is 22.3 Å². The minimum Gasteiger partial charge on any atom is -0.367 e. The molecule has 0 bridgehead atoms. The second kappa shape index (κ2) is 10.2. The van der Waals surface area contributed by atoms with E-state index < -0.39 is 0 Å². The first-order valence-corrected chi connectivity index (χ1v) is 16.3. The van der Waals surface area contributed by atoms with E-state index in [1.165, 1.54) is 82.4 Å². The Morgan fingerprint density at radius 3 is 1.64 bits per heavy atom. The third kappa shape index (κ3) is 4.00. The molecule has 0 radical (unpaired) electrons. The highest BCUT2D eigenvalue weighted by molar-refractivity contribution is 6.76. The Balaban J connectivity index is 1.30. The number of hydrogen-bond acceptors (Lipinski definition) is 2. The molecule has 0 aliphatic carbocycles. The largest absolute Gasteiger partial charge is 0.412 e. The summed E-state index contributed by atoms with van der Waals surface area (Å²) in [5, 5.41) is 10.1. The molecule has 0 saturated heterocycles. The summed E-state index contributed by atoms with van der Waals surface area (Å²) >= 11 is 0. The van der Waals surface area contributed by atoms with E-state index in [9.17, 15) is 0 Å². The van der Waals surface area contributed by atoms with Gasteiger partial charge in [0.2, 0.25) is 0 Å². The van der Waals surface area contributed by atoms with Crippen LogP contribution in [0.1, 0.15) is 0 Å². The SMILES string of the molecule is C1=CB2N(C=C1)c1ccccc1N2c1ccc2c(-c3ccc4ccccc4c3)c3ccccc3c(-c3ccc4ccccc4c3)c2c1. The van der Waals surface area contributed by atoms with Crippen molar-refractivity contribution >= 4 is 67.1 Å². The summed E-state index contributed by atoms with van der Waals surface area (Å²) in [6.07, 6.45) is 6.47. The lowest BCUT2D eigenvalue weighted by molar-refractivity contribution is 1.40. The van der Waals surface area contributed by atoms with Gasteiger partial charge < -0.3 is 9.62 Å². The van der Waals surface area contributed by atoms with Crippen molar-refractivity contribution in [2.45, 2.75) is 0 Å². The van der Waals surface area contributed by atoms with Crippen LogP contribution in [0.4, 0.5) is 17.1 Å². The van der Waals surface area contributed by atoms with Gasteiger partial charge in [0.1, 0.15) is 0 Å². The summed E-state index contributed by atoms with van der Waals surface area (Å²) in [5.41, 5.74) is 8.65. The molecule has 0 aromatic heterocycles. The van der Waals surface area contributed by atoms with Gasteiger partial charge in [-0.1, -0.05) is 127 Å². The quantitative estimate of drug-likeness (QED) is 0.148. The molecule has 8 aromatic carbocycles. The molecule has 47 heavy (non-hydrogen) atoms. The zero-order valence-electron chi connectivity index (χ0n) is 25.7. The number of para-hydroxylation sites is 2. The maximum Gasteiger partial charge on any atom is 0.412 e. The second-order valence-corrected chi connectivity index (χ2v) is 12.6. The number of hydrogen-bond donors (Lipinski definition) is 0. The van der Waals surface area contributed by atoms with Crippen LogP contribution < -0.4 is 9.62 Å². The predicted octanol–water partition coefficient (Wildman–Crippen LogP) is 11.7. The molecule has 0 spiro atoms. The molecule has 0 saturated carbocycles. The highest BCUT2D eigenvalue weighted by Gasteiger charge is 2.39. The zero-order valence-corrected chi connectivity index (χ0v) is 25.7. The molecule has 218 valence electrons. The molecule has 0 unspecified atom stereocenters. The smallest absolute Gasteiger partial charge is 0.367 e. The number of allylic oxidation sites excluding steroid dienone is 2. The highest BCUT2D eigenvalue weighted by Crippen LogP contribution is 2.48. The lowest BCUT2D eigenvalue weighted by Gasteiger charge is -2.28. The Bertz CT molecular complexity index is 2620. The van der Waals surface area contributed by atoms with Gasteiger partial charge in [0, 0.05) is 5.69 Å². The van der Waals surface area contributed by atoms with E-state index in [-0.39, 0.29) is 6.98 Å². The van der Waals surface area contributed by atoms with Crippen molar-refractivity contribution in [3.05, 3.63) is 176 Å². The third-order valence-electron chi connectivity index (χ3n) is 9.97. The fourth-order valence-electron chi connectivity index (χ4n) is 7.87. The number of nitrogens with zero attached hydrogens (tertiary/aromatic N) is 2. The van der Waals surface area contributed by atoms with Crippen LogP contribution in [0.5, 0.6) is 0 Å². The first-order valence-electron chi connectivity index (χ1n) is 16.3. The van der Waals surface area contributed by atoms with Crippen molar-refractivity contribution in [3.63, 3.8) is 0 Å². The van der Waals surface area contributed by atoms with Gasteiger partial charge in [-0.25, -0.2) is 0 Å². The van der Waals surface area contributed by atoms with E-state index in [1.54, 1.807) is 0 Å². The molecule has 2 aliphatic heterocycles. The number of anilines is 3. The molecule has 8 aromatic rings. The summed E-state index contributed by atoms with van der Waals surface area (Å²) in [4.78, 5) is 4.84. The van der Waals surface area contributed by atoms with Crippen LogP contribution >= 0.6 is 0 Å². The van der Waals surface area contributed by atoms with E-state index in [4.69, 9.17) is 0 Å². The minimum absolute atomic E-state index is 0.0828. The van der Waals surface area contributed by atoms with Crippen LogP contribution in [0.2, 0.25) is 0 Å². The summed E-state index contributed by atoms with van der Waals surface area (Å²) in [5.74, 6) is 2.29. The molecular formula is C44H29BN2. The van der Waals surface area contributed by atoms with Gasteiger partial charge >= 0.3 is 6.98 Å². The molecule has 2 aliphatic rings. The monoisotopic (exact) mass is 596 g/mol. The van der Waals surface area contributed by atoms with Crippen LogP contribution in [0.25, 0.3) is 65.3 Å². The van der Waals surface area contributed by atoms with Crippen molar-refractivity contribution in [2.24, 2.45) is 0 Å². The van der Waals surface area contributed by atoms with E-state index >= 15 is 0 Å². The van der Waals surface area contributed by atoms with E-state index in [0.29, 0.717) is 0 Å². The maximum atomic E-state index is 2.48. The fraction of sp³-hybridized carbons (Fsp3) is 0. The zero-order chi connectivity index (χ0) is 30.9. The molecule has 0 atom stereocenters. The molecule has 0 N–H and O–H groups in total. The standard InChI is InChI=1S/C44H29BN2/c1-3-13-32-27-34(21-19-30(32)11-1)43-37-15-5-6-16-38(37)44(35-22-20-31-12-2-4-14-33(31)28-35)40-29-36(23-24-39(40)43)47-42-18-8-7-17-41(42)46-26-10-9-25-45(46)47/h1-29H. The predicted molar refractivity (Wildman–Crippen MR) is 202 cm³/mol. The van der Waals surface area contributed by atoms with E-state index in [1.807, 2.05) is 0 Å². The Labute approximate surface area is 274 Å². The van der Waals surface area contributed by atoms with Crippen molar-refractivity contribution in [2.75, 3.05) is 9.62 Å². The van der Waals surface area contributed by atoms with Crippen LogP contribution in [0.15, 0.2) is 176 Å². The number of rotatable bonds is 3. The molecule has 0 amide bonds. The average Bonchev–Trinajstić information content (AvgIpc) is 3.47. The normalized spacial score (nSPS) is 13.7. The van der Waals surface area contributed by atoms with Crippen LogP contribution in [-0.2, 0) is 0 Å². The van der Waals surface area contributed by atoms with Crippen LogP contribution in [-0.4, -0.2) is 6.98 Å². The third-order valence-corrected chi connectivity index (χ3v) is 9.97. The van der Waals surface area contributed by atoms with E-state index in [0.717, 1.165) is 0 Å². The Kier molecular flexibility index (Phi) is 5.70. The van der Waals surface area contributed by atoms with Gasteiger partial charge in [-0.3, -0.25) is 0 Å². The molecule has 0 fully saturated rings.